The van der Waals surface area contributed by atoms with E-state index in [2.05, 4.69) is 0 Å². The molecule has 1 amide bonds. The second kappa shape index (κ2) is 4.36. The molecule has 7 nitrogen and oxygen atoms in total. The number of rotatable bonds is 4. The summed E-state index contributed by atoms with van der Waals surface area (Å²) in [5, 5.41) is 17.2. The van der Waals surface area contributed by atoms with Gasteiger partial charge in [-0.1, -0.05) is 0 Å². The van der Waals surface area contributed by atoms with Crippen molar-refractivity contribution in [3.63, 3.8) is 0 Å². The summed E-state index contributed by atoms with van der Waals surface area (Å²) in [7, 11) is 0. The van der Waals surface area contributed by atoms with Crippen LogP contribution < -0.4 is 0 Å². The molecule has 2 saturated heterocycles. The molecular formula is C9H12NO6. The summed E-state index contributed by atoms with van der Waals surface area (Å²) in [5.41, 5.74) is 0. The van der Waals surface area contributed by atoms with Gasteiger partial charge in [-0.25, -0.2) is 4.79 Å². The molecule has 0 aromatic rings. The zero-order valence-electron chi connectivity index (χ0n) is 8.41. The molecule has 0 saturated carbocycles. The Morgan fingerprint density at radius 2 is 2.50 bits per heavy atom. The van der Waals surface area contributed by atoms with Gasteiger partial charge in [0.1, 0.15) is 25.5 Å². The number of hydrogen-bond donors (Lipinski definition) is 2. The van der Waals surface area contributed by atoms with Gasteiger partial charge in [0.2, 0.25) is 5.91 Å². The Hall–Kier alpha value is -1.18. The lowest BCUT2D eigenvalue weighted by Crippen LogP contribution is -2.48. The van der Waals surface area contributed by atoms with Crippen LogP contribution in [0.3, 0.4) is 0 Å². The maximum Gasteiger partial charge on any atom is 0.337 e. The molecule has 0 aliphatic carbocycles. The van der Waals surface area contributed by atoms with Crippen molar-refractivity contribution < 1.29 is 29.3 Å². The van der Waals surface area contributed by atoms with Gasteiger partial charge in [-0.2, -0.15) is 0 Å². The predicted molar refractivity (Wildman–Crippen MR) is 48.2 cm³/mol. The lowest BCUT2D eigenvalue weighted by atomic mass is 10.2. The van der Waals surface area contributed by atoms with Crippen LogP contribution in [0, 0.1) is 6.61 Å². The number of β-lactam (4-membered cyclic amide) rings is 1. The fourth-order valence-electron chi connectivity index (χ4n) is 1.66. The van der Waals surface area contributed by atoms with E-state index in [1.165, 1.54) is 0 Å². The molecule has 89 valence electrons. The van der Waals surface area contributed by atoms with Gasteiger partial charge < -0.3 is 24.6 Å². The van der Waals surface area contributed by atoms with E-state index in [0.717, 1.165) is 0 Å². The van der Waals surface area contributed by atoms with Crippen molar-refractivity contribution in [2.24, 2.45) is 0 Å². The minimum atomic E-state index is -1.64. The molecule has 2 fully saturated rings. The Morgan fingerprint density at radius 1 is 1.75 bits per heavy atom. The highest BCUT2D eigenvalue weighted by molar-refractivity contribution is 5.83. The second-order valence-electron chi connectivity index (χ2n) is 3.69. The van der Waals surface area contributed by atoms with Crippen LogP contribution in [0.25, 0.3) is 0 Å². The first kappa shape index (κ1) is 11.3. The first-order valence-corrected chi connectivity index (χ1v) is 4.89. The van der Waals surface area contributed by atoms with Gasteiger partial charge >= 0.3 is 5.97 Å². The molecule has 7 heteroatoms. The molecule has 16 heavy (non-hydrogen) atoms. The summed E-state index contributed by atoms with van der Waals surface area (Å²) in [4.78, 5) is 23.5. The lowest BCUT2D eigenvalue weighted by molar-refractivity contribution is -0.162. The van der Waals surface area contributed by atoms with E-state index in [-0.39, 0.29) is 24.8 Å². The first-order valence-electron chi connectivity index (χ1n) is 4.89. The third-order valence-electron chi connectivity index (χ3n) is 2.56. The SMILES string of the molecule is O=C(OCC1CN2C(=O)CC2O1)C(O)[CH]O. The number of aliphatic hydroxyl groups excluding tert-OH is 2. The molecule has 3 unspecified atom stereocenters. The number of carbonyl (C=O) groups excluding carboxylic acids is 2. The first-order chi connectivity index (χ1) is 7.61. The van der Waals surface area contributed by atoms with E-state index in [0.29, 0.717) is 19.6 Å². The van der Waals surface area contributed by atoms with Crippen molar-refractivity contribution >= 4 is 11.9 Å². The lowest BCUT2D eigenvalue weighted by Gasteiger charge is -2.31. The number of hydrogen-bond acceptors (Lipinski definition) is 6. The summed E-state index contributed by atoms with van der Waals surface area (Å²) in [6.45, 7) is 0.703. The van der Waals surface area contributed by atoms with Gasteiger partial charge in [0.25, 0.3) is 0 Å². The van der Waals surface area contributed by atoms with Crippen molar-refractivity contribution in [2.45, 2.75) is 24.9 Å². The minimum Gasteiger partial charge on any atom is -0.461 e. The van der Waals surface area contributed by atoms with Crippen LogP contribution in [0.1, 0.15) is 6.42 Å². The summed E-state index contributed by atoms with van der Waals surface area (Å²) < 4.78 is 10.1. The number of amides is 1. The Bertz CT molecular complexity index is 306. The van der Waals surface area contributed by atoms with Gasteiger partial charge in [0, 0.05) is 0 Å². The maximum atomic E-state index is 11.0. The highest BCUT2D eigenvalue weighted by Crippen LogP contribution is 2.28. The maximum absolute atomic E-state index is 11.0. The van der Waals surface area contributed by atoms with Crippen molar-refractivity contribution in [3.05, 3.63) is 6.61 Å². The highest BCUT2D eigenvalue weighted by Gasteiger charge is 2.45. The van der Waals surface area contributed by atoms with Crippen molar-refractivity contribution in [3.8, 4) is 0 Å². The molecule has 2 aliphatic rings. The van der Waals surface area contributed by atoms with Crippen molar-refractivity contribution in [2.75, 3.05) is 13.2 Å². The van der Waals surface area contributed by atoms with Gasteiger partial charge in [0.05, 0.1) is 13.0 Å². The molecule has 2 rings (SSSR count). The van der Waals surface area contributed by atoms with Crippen LogP contribution in [0.4, 0.5) is 0 Å². The van der Waals surface area contributed by atoms with E-state index in [4.69, 9.17) is 19.7 Å². The second-order valence-corrected chi connectivity index (χ2v) is 3.69. The van der Waals surface area contributed by atoms with Gasteiger partial charge in [-0.05, 0) is 0 Å². The average Bonchev–Trinajstić information content (AvgIpc) is 2.61. The standard InChI is InChI=1S/C9H12NO6/c11-3-6(12)9(14)15-4-5-2-10-7(13)1-8(10)16-5/h3,5-6,8,11-12H,1-2,4H2. The fraction of sp³-hybridized carbons (Fsp3) is 0.667. The third-order valence-corrected chi connectivity index (χ3v) is 2.56. The number of nitrogens with zero attached hydrogens (tertiary/aromatic N) is 1. The summed E-state index contributed by atoms with van der Waals surface area (Å²) >= 11 is 0. The minimum absolute atomic E-state index is 0.0301. The van der Waals surface area contributed by atoms with E-state index in [9.17, 15) is 9.59 Å². The molecule has 3 atom stereocenters. The molecule has 0 spiro atoms. The zero-order chi connectivity index (χ0) is 11.7. The van der Waals surface area contributed by atoms with E-state index in [1.54, 1.807) is 4.90 Å². The highest BCUT2D eigenvalue weighted by atomic mass is 16.6. The van der Waals surface area contributed by atoms with E-state index < -0.39 is 12.1 Å². The van der Waals surface area contributed by atoms with Crippen LogP contribution in [-0.4, -0.2) is 58.6 Å². The Morgan fingerprint density at radius 3 is 3.06 bits per heavy atom. The molecule has 0 aromatic carbocycles. The molecule has 0 bridgehead atoms. The molecule has 1 radical (unpaired) electrons. The number of carbonyl (C=O) groups is 2. The summed E-state index contributed by atoms with van der Waals surface area (Å²) in [6, 6.07) is 0. The number of esters is 1. The predicted octanol–water partition coefficient (Wildman–Crippen LogP) is -1.62. The van der Waals surface area contributed by atoms with Gasteiger partial charge in [-0.3, -0.25) is 4.79 Å². The fourth-order valence-corrected chi connectivity index (χ4v) is 1.66. The Balaban J connectivity index is 1.72. The van der Waals surface area contributed by atoms with Crippen LogP contribution in [0.2, 0.25) is 0 Å². The van der Waals surface area contributed by atoms with Crippen molar-refractivity contribution in [1.29, 1.82) is 0 Å². The summed E-state index contributed by atoms with van der Waals surface area (Å²) in [6.07, 6.45) is -1.81. The van der Waals surface area contributed by atoms with Crippen LogP contribution in [-0.2, 0) is 19.1 Å². The van der Waals surface area contributed by atoms with Gasteiger partial charge in [0.15, 0.2) is 6.10 Å². The van der Waals surface area contributed by atoms with E-state index in [1.807, 2.05) is 0 Å². The zero-order valence-corrected chi connectivity index (χ0v) is 8.41. The number of fused-ring (bicyclic) bond motifs is 1. The Labute approximate surface area is 91.5 Å². The number of ether oxygens (including phenoxy) is 2. The topological polar surface area (TPSA) is 96.3 Å². The molecule has 0 aromatic heterocycles. The Kier molecular flexibility index (Phi) is 3.08. The monoisotopic (exact) mass is 230 g/mol. The van der Waals surface area contributed by atoms with Crippen LogP contribution in [0.5, 0.6) is 0 Å². The van der Waals surface area contributed by atoms with E-state index >= 15 is 0 Å². The quantitative estimate of drug-likeness (QED) is 0.445. The molecule has 2 aliphatic heterocycles. The van der Waals surface area contributed by atoms with Crippen molar-refractivity contribution in [1.82, 2.24) is 4.90 Å². The molecular weight excluding hydrogens is 218 g/mol. The molecule has 2 N–H and O–H groups in total. The summed E-state index contributed by atoms with van der Waals surface area (Å²) in [5.74, 6) is -0.908. The van der Waals surface area contributed by atoms with Crippen LogP contribution in [0.15, 0.2) is 0 Å². The van der Waals surface area contributed by atoms with Gasteiger partial charge in [-0.15, -0.1) is 0 Å². The average molecular weight is 230 g/mol. The van der Waals surface area contributed by atoms with Crippen LogP contribution >= 0.6 is 0 Å². The normalized spacial score (nSPS) is 29.6. The number of aliphatic hydroxyl groups is 2. The third kappa shape index (κ3) is 2.01. The molecule has 2 heterocycles. The smallest absolute Gasteiger partial charge is 0.337 e. The largest absolute Gasteiger partial charge is 0.461 e.